The molecule has 0 amide bonds. The molecule has 0 N–H and O–H groups in total. The van der Waals surface area contributed by atoms with Crippen molar-refractivity contribution in [2.75, 3.05) is 6.61 Å². The first kappa shape index (κ1) is 16.0. The minimum atomic E-state index is -3.36. The molecule has 1 aliphatic rings. The first-order chi connectivity index (χ1) is 11.1. The molecular formula is C19H21O3P. The normalized spacial score (nSPS) is 19.7. The van der Waals surface area contributed by atoms with Gasteiger partial charge < -0.3 is 4.52 Å². The van der Waals surface area contributed by atoms with Gasteiger partial charge in [0.15, 0.2) is 0 Å². The maximum Gasteiger partial charge on any atom is 0.411 e. The lowest BCUT2D eigenvalue weighted by Crippen LogP contribution is -2.21. The summed E-state index contributed by atoms with van der Waals surface area (Å²) in [5.74, 6) is 0.603. The fourth-order valence-electron chi connectivity index (χ4n) is 2.88. The molecule has 1 unspecified atom stereocenters. The Labute approximate surface area is 137 Å². The Balaban J connectivity index is 2.19. The zero-order chi connectivity index (χ0) is 16.4. The van der Waals surface area contributed by atoms with Crippen LogP contribution in [0.4, 0.5) is 0 Å². The SMILES string of the molecule is CCOP1(=O)OC(c2cccc(C)c2)=Cc2cccc(CC)c21. The number of aryl methyl sites for hydroxylation is 2. The van der Waals surface area contributed by atoms with Gasteiger partial charge in [-0.1, -0.05) is 48.9 Å². The molecule has 0 saturated carbocycles. The molecule has 0 aliphatic carbocycles. The predicted octanol–water partition coefficient (Wildman–Crippen LogP) is 4.94. The molecule has 4 heteroatoms. The lowest BCUT2D eigenvalue weighted by Gasteiger charge is -2.28. The average molecular weight is 328 g/mol. The van der Waals surface area contributed by atoms with E-state index >= 15 is 0 Å². The van der Waals surface area contributed by atoms with E-state index in [2.05, 4.69) is 0 Å². The number of hydrogen-bond donors (Lipinski definition) is 0. The molecule has 0 saturated heterocycles. The van der Waals surface area contributed by atoms with E-state index < -0.39 is 7.60 Å². The molecule has 1 aliphatic heterocycles. The van der Waals surface area contributed by atoms with E-state index in [-0.39, 0.29) is 0 Å². The summed E-state index contributed by atoms with van der Waals surface area (Å²) in [4.78, 5) is 0. The molecule has 3 rings (SSSR count). The van der Waals surface area contributed by atoms with Crippen molar-refractivity contribution in [1.29, 1.82) is 0 Å². The van der Waals surface area contributed by atoms with Crippen molar-refractivity contribution in [3.8, 4) is 0 Å². The van der Waals surface area contributed by atoms with Crippen LogP contribution < -0.4 is 5.30 Å². The zero-order valence-electron chi connectivity index (χ0n) is 13.7. The summed E-state index contributed by atoms with van der Waals surface area (Å²) in [7, 11) is -3.36. The summed E-state index contributed by atoms with van der Waals surface area (Å²) < 4.78 is 25.0. The molecule has 1 heterocycles. The highest BCUT2D eigenvalue weighted by Crippen LogP contribution is 2.55. The second-order valence-electron chi connectivity index (χ2n) is 5.59. The van der Waals surface area contributed by atoms with E-state index in [1.165, 1.54) is 0 Å². The summed E-state index contributed by atoms with van der Waals surface area (Å²) in [5, 5.41) is 0.709. The molecule has 1 atom stereocenters. The van der Waals surface area contributed by atoms with E-state index in [1.807, 2.05) is 69.3 Å². The van der Waals surface area contributed by atoms with Crippen molar-refractivity contribution in [2.45, 2.75) is 27.2 Å². The Morgan fingerprint density at radius 2 is 1.91 bits per heavy atom. The lowest BCUT2D eigenvalue weighted by molar-refractivity contribution is 0.279. The van der Waals surface area contributed by atoms with Gasteiger partial charge >= 0.3 is 7.60 Å². The van der Waals surface area contributed by atoms with Gasteiger partial charge in [-0.05, 0) is 43.5 Å². The standard InChI is InChI=1S/C19H21O3P/c1-4-15-9-7-11-17-13-18(16-10-6-8-14(3)12-16)22-23(20,19(15)17)21-5-2/h6-13H,4-5H2,1-3H3. The Hall–Kier alpha value is -1.83. The third kappa shape index (κ3) is 2.99. The fraction of sp³-hybridized carbons (Fsp3) is 0.263. The van der Waals surface area contributed by atoms with Gasteiger partial charge in [0.05, 0.1) is 11.9 Å². The second kappa shape index (κ2) is 6.35. The van der Waals surface area contributed by atoms with Gasteiger partial charge in [0, 0.05) is 5.56 Å². The van der Waals surface area contributed by atoms with Crippen LogP contribution in [0.5, 0.6) is 0 Å². The third-order valence-corrected chi connectivity index (χ3v) is 6.04. The first-order valence-electron chi connectivity index (χ1n) is 7.92. The fourth-order valence-corrected chi connectivity index (χ4v) is 4.95. The summed E-state index contributed by atoms with van der Waals surface area (Å²) >= 11 is 0. The summed E-state index contributed by atoms with van der Waals surface area (Å²) in [6.45, 7) is 6.25. The van der Waals surface area contributed by atoms with Gasteiger partial charge in [0.1, 0.15) is 5.76 Å². The topological polar surface area (TPSA) is 35.5 Å². The molecule has 0 fully saturated rings. The Kier molecular flexibility index (Phi) is 4.43. The maximum atomic E-state index is 13.4. The predicted molar refractivity (Wildman–Crippen MR) is 94.8 cm³/mol. The number of fused-ring (bicyclic) bond motifs is 1. The van der Waals surface area contributed by atoms with Crippen LogP contribution in [-0.2, 0) is 20.0 Å². The van der Waals surface area contributed by atoms with Gasteiger partial charge in [0.2, 0.25) is 0 Å². The molecule has 0 bridgehead atoms. The second-order valence-corrected chi connectivity index (χ2v) is 7.48. The monoisotopic (exact) mass is 328 g/mol. The van der Waals surface area contributed by atoms with Crippen LogP contribution in [0, 0.1) is 6.92 Å². The number of rotatable bonds is 4. The van der Waals surface area contributed by atoms with Crippen molar-refractivity contribution in [3.63, 3.8) is 0 Å². The van der Waals surface area contributed by atoms with Gasteiger partial charge in [-0.25, -0.2) is 4.57 Å². The van der Waals surface area contributed by atoms with E-state index in [4.69, 9.17) is 9.05 Å². The minimum Gasteiger partial charge on any atom is -0.421 e. The van der Waals surface area contributed by atoms with Crippen molar-refractivity contribution >= 4 is 24.7 Å². The van der Waals surface area contributed by atoms with Crippen LogP contribution >= 0.6 is 7.60 Å². The van der Waals surface area contributed by atoms with Gasteiger partial charge in [0.25, 0.3) is 0 Å². The zero-order valence-corrected chi connectivity index (χ0v) is 14.6. The van der Waals surface area contributed by atoms with Crippen LogP contribution in [0.3, 0.4) is 0 Å². The molecule has 2 aromatic rings. The molecule has 3 nitrogen and oxygen atoms in total. The smallest absolute Gasteiger partial charge is 0.411 e. The minimum absolute atomic E-state index is 0.343. The molecule has 120 valence electrons. The summed E-state index contributed by atoms with van der Waals surface area (Å²) in [5.41, 5.74) is 3.98. The van der Waals surface area contributed by atoms with Gasteiger partial charge in [-0.15, -0.1) is 0 Å². The van der Waals surface area contributed by atoms with Gasteiger partial charge in [-0.2, -0.15) is 0 Å². The van der Waals surface area contributed by atoms with Crippen LogP contribution in [-0.4, -0.2) is 6.61 Å². The van der Waals surface area contributed by atoms with Gasteiger partial charge in [-0.3, -0.25) is 4.52 Å². The highest BCUT2D eigenvalue weighted by Gasteiger charge is 2.37. The lowest BCUT2D eigenvalue weighted by atomic mass is 10.0. The quantitative estimate of drug-likeness (QED) is 0.746. The number of hydrogen-bond acceptors (Lipinski definition) is 3. The van der Waals surface area contributed by atoms with E-state index in [0.717, 1.165) is 28.7 Å². The highest BCUT2D eigenvalue weighted by atomic mass is 31.2. The molecule has 23 heavy (non-hydrogen) atoms. The number of benzene rings is 2. The van der Waals surface area contributed by atoms with Crippen LogP contribution in [0.2, 0.25) is 0 Å². The molecule has 2 aromatic carbocycles. The van der Waals surface area contributed by atoms with Crippen molar-refractivity contribution < 1.29 is 13.6 Å². The third-order valence-electron chi connectivity index (χ3n) is 3.91. The maximum absolute atomic E-state index is 13.4. The highest BCUT2D eigenvalue weighted by molar-refractivity contribution is 7.63. The Morgan fingerprint density at radius 1 is 1.13 bits per heavy atom. The van der Waals surface area contributed by atoms with Crippen molar-refractivity contribution in [2.24, 2.45) is 0 Å². The van der Waals surface area contributed by atoms with E-state index in [1.54, 1.807) is 0 Å². The molecule has 0 radical (unpaired) electrons. The summed E-state index contributed by atoms with van der Waals surface area (Å²) in [6.07, 6.45) is 2.75. The molecule has 0 spiro atoms. The first-order valence-corrected chi connectivity index (χ1v) is 9.47. The van der Waals surface area contributed by atoms with Crippen molar-refractivity contribution in [3.05, 3.63) is 64.7 Å². The van der Waals surface area contributed by atoms with Crippen LogP contribution in [0.1, 0.15) is 36.1 Å². The van der Waals surface area contributed by atoms with E-state index in [0.29, 0.717) is 17.7 Å². The van der Waals surface area contributed by atoms with Crippen LogP contribution in [0.25, 0.3) is 11.8 Å². The van der Waals surface area contributed by atoms with Crippen molar-refractivity contribution in [1.82, 2.24) is 0 Å². The Bertz CT molecular complexity index is 808. The molecular weight excluding hydrogens is 307 g/mol. The van der Waals surface area contributed by atoms with E-state index in [9.17, 15) is 4.57 Å². The summed E-state index contributed by atoms with van der Waals surface area (Å²) in [6, 6.07) is 13.9. The average Bonchev–Trinajstić information content (AvgIpc) is 2.54. The largest absolute Gasteiger partial charge is 0.421 e. The molecule has 0 aromatic heterocycles. The Morgan fingerprint density at radius 3 is 2.61 bits per heavy atom. The van der Waals surface area contributed by atoms with Crippen LogP contribution in [0.15, 0.2) is 42.5 Å².